The Morgan fingerprint density at radius 1 is 1.03 bits per heavy atom. The summed E-state index contributed by atoms with van der Waals surface area (Å²) in [6.45, 7) is 21.9. The maximum absolute atomic E-state index is 6.94. The van der Waals surface area contributed by atoms with Crippen molar-refractivity contribution >= 4 is 0 Å². The molecule has 1 aromatic heterocycles. The molecule has 1 aromatic carbocycles. The van der Waals surface area contributed by atoms with E-state index in [1.807, 2.05) is 22.9 Å². The molecule has 172 valence electrons. The van der Waals surface area contributed by atoms with Crippen molar-refractivity contribution in [1.82, 2.24) is 14.8 Å². The second kappa shape index (κ2) is 9.56. The molecule has 0 saturated heterocycles. The molecule has 1 heterocycles. The highest BCUT2D eigenvalue weighted by Crippen LogP contribution is 2.51. The third-order valence-electron chi connectivity index (χ3n) is 6.11. The normalized spacial score (nSPS) is 16.4. The Hall–Kier alpha value is -2.14. The monoisotopic (exact) mass is 427 g/mol. The van der Waals surface area contributed by atoms with E-state index in [0.29, 0.717) is 19.4 Å². The van der Waals surface area contributed by atoms with Gasteiger partial charge < -0.3 is 9.47 Å². The average molecular weight is 428 g/mol. The number of nitrogens with zero attached hydrogens (tertiary/aromatic N) is 3. The van der Waals surface area contributed by atoms with Crippen LogP contribution in [-0.2, 0) is 16.7 Å². The van der Waals surface area contributed by atoms with E-state index in [0.717, 1.165) is 12.2 Å². The van der Waals surface area contributed by atoms with E-state index in [9.17, 15) is 0 Å². The van der Waals surface area contributed by atoms with Gasteiger partial charge in [0.25, 0.3) is 0 Å². The van der Waals surface area contributed by atoms with E-state index in [1.165, 1.54) is 5.56 Å². The lowest BCUT2D eigenvalue weighted by Crippen LogP contribution is -2.64. The summed E-state index contributed by atoms with van der Waals surface area (Å²) in [4.78, 5) is 4.26. The van der Waals surface area contributed by atoms with Gasteiger partial charge in [-0.25, -0.2) is 9.67 Å². The van der Waals surface area contributed by atoms with Crippen LogP contribution in [-0.4, -0.2) is 32.6 Å². The Morgan fingerprint density at radius 3 is 2.13 bits per heavy atom. The summed E-state index contributed by atoms with van der Waals surface area (Å²) in [6, 6.07) is 8.31. The largest absolute Gasteiger partial charge is 0.494 e. The molecule has 2 aromatic rings. The molecule has 5 heteroatoms. The van der Waals surface area contributed by atoms with Crippen molar-refractivity contribution in [2.45, 2.75) is 91.4 Å². The summed E-state index contributed by atoms with van der Waals surface area (Å²) >= 11 is 0. The molecule has 2 atom stereocenters. The molecule has 31 heavy (non-hydrogen) atoms. The maximum atomic E-state index is 6.94. The molecule has 2 unspecified atom stereocenters. The lowest BCUT2D eigenvalue weighted by molar-refractivity contribution is -0.238. The minimum Gasteiger partial charge on any atom is -0.494 e. The van der Waals surface area contributed by atoms with Crippen LogP contribution in [0.1, 0.15) is 73.8 Å². The molecule has 0 aliphatic heterocycles. The highest BCUT2D eigenvalue weighted by Gasteiger charge is 2.58. The van der Waals surface area contributed by atoms with Gasteiger partial charge in [0.1, 0.15) is 24.0 Å². The molecule has 0 spiro atoms. The van der Waals surface area contributed by atoms with Gasteiger partial charge in [0.15, 0.2) is 0 Å². The van der Waals surface area contributed by atoms with Crippen LogP contribution in [0.25, 0.3) is 0 Å². The van der Waals surface area contributed by atoms with Gasteiger partial charge in [-0.2, -0.15) is 5.10 Å². The van der Waals surface area contributed by atoms with Crippen LogP contribution < -0.4 is 4.74 Å². The quantitative estimate of drug-likeness (QED) is 0.424. The summed E-state index contributed by atoms with van der Waals surface area (Å²) < 4.78 is 15.1. The maximum Gasteiger partial charge on any atom is 0.137 e. The first kappa shape index (κ1) is 25.1. The van der Waals surface area contributed by atoms with Gasteiger partial charge >= 0.3 is 0 Å². The average Bonchev–Trinajstić information content (AvgIpc) is 3.21. The highest BCUT2D eigenvalue weighted by molar-refractivity contribution is 5.27. The SMILES string of the molecule is C=CCC(OC(C)(C)C)(C(C)(C)C)C(C)(CCOc1ccc(CC)cc1)n1cncn1. The van der Waals surface area contributed by atoms with Crippen molar-refractivity contribution in [3.8, 4) is 5.75 Å². The van der Waals surface area contributed by atoms with Crippen LogP contribution in [0, 0.1) is 5.41 Å². The highest BCUT2D eigenvalue weighted by atomic mass is 16.5. The predicted molar refractivity (Wildman–Crippen MR) is 127 cm³/mol. The number of hydrogen-bond donors (Lipinski definition) is 0. The minimum absolute atomic E-state index is 0.210. The third kappa shape index (κ3) is 5.57. The van der Waals surface area contributed by atoms with Crippen molar-refractivity contribution in [2.75, 3.05) is 6.61 Å². The Kier molecular flexibility index (Phi) is 7.75. The minimum atomic E-state index is -0.594. The summed E-state index contributed by atoms with van der Waals surface area (Å²) in [5, 5.41) is 4.56. The van der Waals surface area contributed by atoms with Gasteiger partial charge in [-0.3, -0.25) is 0 Å². The Balaban J connectivity index is 2.45. The number of aryl methyl sites for hydroxylation is 1. The lowest BCUT2D eigenvalue weighted by Gasteiger charge is -2.57. The first-order chi connectivity index (χ1) is 14.4. The van der Waals surface area contributed by atoms with Crippen molar-refractivity contribution in [3.63, 3.8) is 0 Å². The zero-order valence-corrected chi connectivity index (χ0v) is 20.7. The number of rotatable bonds is 10. The fourth-order valence-corrected chi connectivity index (χ4v) is 4.52. The first-order valence-corrected chi connectivity index (χ1v) is 11.3. The fourth-order valence-electron chi connectivity index (χ4n) is 4.52. The van der Waals surface area contributed by atoms with Crippen LogP contribution in [0.2, 0.25) is 0 Å². The number of aromatic nitrogens is 3. The molecule has 0 N–H and O–H groups in total. The van der Waals surface area contributed by atoms with Gasteiger partial charge in [-0.1, -0.05) is 45.9 Å². The smallest absolute Gasteiger partial charge is 0.137 e. The first-order valence-electron chi connectivity index (χ1n) is 11.3. The van der Waals surface area contributed by atoms with E-state index in [1.54, 1.807) is 12.7 Å². The van der Waals surface area contributed by atoms with Gasteiger partial charge in [0, 0.05) is 6.42 Å². The van der Waals surface area contributed by atoms with Gasteiger partial charge in [0.2, 0.25) is 0 Å². The van der Waals surface area contributed by atoms with Crippen LogP contribution in [0.3, 0.4) is 0 Å². The van der Waals surface area contributed by atoms with Crippen LogP contribution in [0.4, 0.5) is 0 Å². The Labute approximate surface area is 188 Å². The van der Waals surface area contributed by atoms with E-state index in [-0.39, 0.29) is 11.0 Å². The molecule has 2 rings (SSSR count). The molecule has 0 amide bonds. The summed E-state index contributed by atoms with van der Waals surface area (Å²) in [5.74, 6) is 0.875. The molecule has 0 bridgehead atoms. The summed E-state index contributed by atoms with van der Waals surface area (Å²) in [5.41, 5.74) is -0.376. The molecule has 0 fully saturated rings. The van der Waals surface area contributed by atoms with Crippen LogP contribution in [0.5, 0.6) is 5.75 Å². The van der Waals surface area contributed by atoms with Gasteiger partial charge in [0.05, 0.1) is 17.7 Å². The van der Waals surface area contributed by atoms with Crippen molar-refractivity contribution in [3.05, 3.63) is 55.1 Å². The van der Waals surface area contributed by atoms with Gasteiger partial charge in [-0.15, -0.1) is 6.58 Å². The molecule has 0 aliphatic rings. The van der Waals surface area contributed by atoms with E-state index >= 15 is 0 Å². The molecule has 0 radical (unpaired) electrons. The Bertz CT molecular complexity index is 816. The molecule has 0 aliphatic carbocycles. The zero-order valence-electron chi connectivity index (χ0n) is 20.7. The fraction of sp³-hybridized carbons (Fsp3) is 0.615. The standard InChI is InChI=1S/C26H41N3O2/c1-10-16-26(23(3,4)5,31-24(6,7)8)25(9,29-20-27-19-28-29)17-18-30-22-14-12-21(11-2)13-15-22/h10,12-15,19-20H,1,11,16-18H2,2-9H3. The summed E-state index contributed by atoms with van der Waals surface area (Å²) in [7, 11) is 0. The number of benzene rings is 1. The second-order valence-electron chi connectivity index (χ2n) is 10.5. The van der Waals surface area contributed by atoms with Gasteiger partial charge in [-0.05, 0) is 63.6 Å². The summed E-state index contributed by atoms with van der Waals surface area (Å²) in [6.07, 6.45) is 7.72. The lowest BCUT2D eigenvalue weighted by atomic mass is 9.62. The second-order valence-corrected chi connectivity index (χ2v) is 10.5. The van der Waals surface area contributed by atoms with E-state index in [2.05, 4.69) is 84.2 Å². The predicted octanol–water partition coefficient (Wildman–Crippen LogP) is 6.20. The van der Waals surface area contributed by atoms with E-state index in [4.69, 9.17) is 9.47 Å². The molecule has 5 nitrogen and oxygen atoms in total. The zero-order chi connectivity index (χ0) is 23.3. The van der Waals surface area contributed by atoms with E-state index < -0.39 is 11.1 Å². The van der Waals surface area contributed by atoms with Crippen LogP contribution in [0.15, 0.2) is 49.6 Å². The van der Waals surface area contributed by atoms with Crippen molar-refractivity contribution in [1.29, 1.82) is 0 Å². The molecule has 0 saturated carbocycles. The Morgan fingerprint density at radius 2 is 1.68 bits per heavy atom. The number of ether oxygens (including phenoxy) is 2. The number of hydrogen-bond acceptors (Lipinski definition) is 4. The molecular weight excluding hydrogens is 386 g/mol. The topological polar surface area (TPSA) is 49.2 Å². The molecular formula is C26H41N3O2. The third-order valence-corrected chi connectivity index (χ3v) is 6.11. The van der Waals surface area contributed by atoms with Crippen LogP contribution >= 0.6 is 0 Å². The van der Waals surface area contributed by atoms with Crippen molar-refractivity contribution in [2.24, 2.45) is 5.41 Å². The van der Waals surface area contributed by atoms with Crippen molar-refractivity contribution < 1.29 is 9.47 Å².